The molecule has 0 amide bonds. The number of piperidine rings is 1. The number of hydrogen-bond acceptors (Lipinski definition) is 2. The molecule has 4 atom stereocenters. The molecule has 2 N–H and O–H groups in total. The summed E-state index contributed by atoms with van der Waals surface area (Å²) in [7, 11) is 0. The second-order valence-electron chi connectivity index (χ2n) is 8.25. The van der Waals surface area contributed by atoms with Crippen LogP contribution in [0.25, 0.3) is 0 Å². The summed E-state index contributed by atoms with van der Waals surface area (Å²) in [5.41, 5.74) is 7.08. The Labute approximate surface area is 120 Å². The minimum Gasteiger partial charge on any atom is -0.329 e. The van der Waals surface area contributed by atoms with E-state index in [1.165, 1.54) is 38.6 Å². The van der Waals surface area contributed by atoms with Gasteiger partial charge in [-0.3, -0.25) is 4.90 Å². The molecule has 1 aliphatic heterocycles. The molecule has 1 heterocycles. The number of nitrogens with zero attached hydrogens (tertiary/aromatic N) is 1. The van der Waals surface area contributed by atoms with E-state index >= 15 is 0 Å². The van der Waals surface area contributed by atoms with Gasteiger partial charge < -0.3 is 5.73 Å². The van der Waals surface area contributed by atoms with Gasteiger partial charge in [-0.1, -0.05) is 27.7 Å². The lowest BCUT2D eigenvalue weighted by Gasteiger charge is -2.57. The average Bonchev–Trinajstić information content (AvgIpc) is 2.30. The van der Waals surface area contributed by atoms with Crippen LogP contribution in [0.4, 0.5) is 0 Å². The van der Waals surface area contributed by atoms with Crippen molar-refractivity contribution in [3.8, 4) is 0 Å². The van der Waals surface area contributed by atoms with Gasteiger partial charge in [0.25, 0.3) is 0 Å². The minimum atomic E-state index is 0.273. The van der Waals surface area contributed by atoms with E-state index in [1.807, 2.05) is 0 Å². The van der Waals surface area contributed by atoms with Crippen LogP contribution < -0.4 is 5.73 Å². The highest BCUT2D eigenvalue weighted by Crippen LogP contribution is 2.48. The van der Waals surface area contributed by atoms with Crippen LogP contribution in [0.5, 0.6) is 0 Å². The van der Waals surface area contributed by atoms with E-state index in [1.54, 1.807) is 0 Å². The molecule has 1 saturated carbocycles. The Balaban J connectivity index is 2.18. The first-order valence-electron chi connectivity index (χ1n) is 8.27. The van der Waals surface area contributed by atoms with Gasteiger partial charge in [0.2, 0.25) is 0 Å². The molecule has 0 aromatic rings. The first-order valence-corrected chi connectivity index (χ1v) is 8.27. The van der Waals surface area contributed by atoms with Gasteiger partial charge >= 0.3 is 0 Å². The van der Waals surface area contributed by atoms with Crippen LogP contribution in [-0.4, -0.2) is 29.6 Å². The first-order chi connectivity index (χ1) is 8.81. The highest BCUT2D eigenvalue weighted by Gasteiger charge is 2.48. The van der Waals surface area contributed by atoms with E-state index < -0.39 is 0 Å². The molecule has 0 aromatic heterocycles. The largest absolute Gasteiger partial charge is 0.329 e. The molecular formula is C17H34N2. The first kappa shape index (κ1) is 15.3. The summed E-state index contributed by atoms with van der Waals surface area (Å²) < 4.78 is 0. The molecule has 0 radical (unpaired) electrons. The molecule has 2 nitrogen and oxygen atoms in total. The van der Waals surface area contributed by atoms with Gasteiger partial charge in [-0.25, -0.2) is 0 Å². The highest BCUT2D eigenvalue weighted by atomic mass is 15.2. The van der Waals surface area contributed by atoms with Crippen molar-refractivity contribution >= 4 is 0 Å². The summed E-state index contributed by atoms with van der Waals surface area (Å²) in [6.07, 6.45) is 6.63. The third kappa shape index (κ3) is 2.85. The molecule has 112 valence electrons. The predicted molar refractivity (Wildman–Crippen MR) is 83.1 cm³/mol. The van der Waals surface area contributed by atoms with Gasteiger partial charge in [-0.05, 0) is 62.8 Å². The lowest BCUT2D eigenvalue weighted by molar-refractivity contribution is -0.0625. The van der Waals surface area contributed by atoms with Gasteiger partial charge in [0.1, 0.15) is 0 Å². The van der Waals surface area contributed by atoms with E-state index in [-0.39, 0.29) is 5.54 Å². The van der Waals surface area contributed by atoms with E-state index in [0.29, 0.717) is 11.5 Å². The lowest BCUT2D eigenvalue weighted by Crippen LogP contribution is -2.64. The van der Waals surface area contributed by atoms with Crippen LogP contribution >= 0.6 is 0 Å². The summed E-state index contributed by atoms with van der Waals surface area (Å²) in [6, 6.07) is 0.705. The third-order valence-electron chi connectivity index (χ3n) is 6.07. The SMILES string of the molecule is CC1CCN(C2(CN)CCC(C)(C)CC2C)C(C)C1. The van der Waals surface area contributed by atoms with Gasteiger partial charge in [0.05, 0.1) is 0 Å². The maximum absolute atomic E-state index is 6.30. The van der Waals surface area contributed by atoms with Gasteiger partial charge in [0.15, 0.2) is 0 Å². The normalized spacial score (nSPS) is 44.2. The van der Waals surface area contributed by atoms with Crippen molar-refractivity contribution in [3.05, 3.63) is 0 Å². The monoisotopic (exact) mass is 266 g/mol. The summed E-state index contributed by atoms with van der Waals surface area (Å²) in [4.78, 5) is 2.78. The van der Waals surface area contributed by atoms with Crippen molar-refractivity contribution in [1.82, 2.24) is 4.90 Å². The average molecular weight is 266 g/mol. The molecule has 0 bridgehead atoms. The van der Waals surface area contributed by atoms with Crippen LogP contribution in [0.3, 0.4) is 0 Å². The third-order valence-corrected chi connectivity index (χ3v) is 6.07. The molecule has 2 fully saturated rings. The fourth-order valence-corrected chi connectivity index (χ4v) is 4.84. The molecule has 19 heavy (non-hydrogen) atoms. The predicted octanol–water partition coefficient (Wildman–Crippen LogP) is 3.65. The summed E-state index contributed by atoms with van der Waals surface area (Å²) in [6.45, 7) is 14.2. The van der Waals surface area contributed by atoms with Gasteiger partial charge in [-0.2, -0.15) is 0 Å². The molecule has 1 aliphatic carbocycles. The molecule has 0 aromatic carbocycles. The smallest absolute Gasteiger partial charge is 0.0360 e. The highest BCUT2D eigenvalue weighted by molar-refractivity contribution is 5.04. The fraction of sp³-hybridized carbons (Fsp3) is 1.00. The quantitative estimate of drug-likeness (QED) is 0.826. The second kappa shape index (κ2) is 5.37. The zero-order valence-corrected chi connectivity index (χ0v) is 13.7. The van der Waals surface area contributed by atoms with Crippen LogP contribution in [0.1, 0.15) is 66.7 Å². The summed E-state index contributed by atoms with van der Waals surface area (Å²) >= 11 is 0. The standard InChI is InChI=1S/C17H34N2/c1-13-6-9-19(15(3)10-13)17(12-18)8-7-16(4,5)11-14(17)2/h13-15H,6-12,18H2,1-5H3. The van der Waals surface area contributed by atoms with Crippen molar-refractivity contribution < 1.29 is 0 Å². The molecule has 4 unspecified atom stereocenters. The zero-order chi connectivity index (χ0) is 14.3. The fourth-order valence-electron chi connectivity index (χ4n) is 4.84. The minimum absolute atomic E-state index is 0.273. The molecule has 2 heteroatoms. The maximum atomic E-state index is 6.30. The topological polar surface area (TPSA) is 29.3 Å². The van der Waals surface area contributed by atoms with Crippen molar-refractivity contribution in [1.29, 1.82) is 0 Å². The van der Waals surface area contributed by atoms with Crippen molar-refractivity contribution in [2.75, 3.05) is 13.1 Å². The molecule has 2 rings (SSSR count). The molecule has 0 spiro atoms. The van der Waals surface area contributed by atoms with Crippen LogP contribution in [-0.2, 0) is 0 Å². The van der Waals surface area contributed by atoms with Crippen molar-refractivity contribution in [2.45, 2.75) is 78.3 Å². The number of rotatable bonds is 2. The van der Waals surface area contributed by atoms with Crippen molar-refractivity contribution in [2.24, 2.45) is 23.0 Å². The Morgan fingerprint density at radius 1 is 1.16 bits per heavy atom. The zero-order valence-electron chi connectivity index (χ0n) is 13.7. The van der Waals surface area contributed by atoms with Crippen LogP contribution in [0.15, 0.2) is 0 Å². The molecule has 2 aliphatic rings. The van der Waals surface area contributed by atoms with Gasteiger partial charge in [-0.15, -0.1) is 0 Å². The Kier molecular flexibility index (Phi) is 4.32. The maximum Gasteiger partial charge on any atom is 0.0360 e. The number of likely N-dealkylation sites (tertiary alicyclic amines) is 1. The molecule has 1 saturated heterocycles. The molecular weight excluding hydrogens is 232 g/mol. The Bertz CT molecular complexity index is 312. The lowest BCUT2D eigenvalue weighted by atomic mass is 9.62. The summed E-state index contributed by atoms with van der Waals surface area (Å²) in [5.74, 6) is 1.61. The van der Waals surface area contributed by atoms with Crippen molar-refractivity contribution in [3.63, 3.8) is 0 Å². The van der Waals surface area contributed by atoms with Crippen LogP contribution in [0.2, 0.25) is 0 Å². The van der Waals surface area contributed by atoms with Crippen LogP contribution in [0, 0.1) is 17.3 Å². The summed E-state index contributed by atoms with van der Waals surface area (Å²) in [5, 5.41) is 0. The second-order valence-corrected chi connectivity index (χ2v) is 8.25. The van der Waals surface area contributed by atoms with E-state index in [2.05, 4.69) is 39.5 Å². The van der Waals surface area contributed by atoms with E-state index in [0.717, 1.165) is 18.4 Å². The van der Waals surface area contributed by atoms with E-state index in [4.69, 9.17) is 5.73 Å². The number of hydrogen-bond donors (Lipinski definition) is 1. The Morgan fingerprint density at radius 2 is 1.84 bits per heavy atom. The van der Waals surface area contributed by atoms with E-state index in [9.17, 15) is 0 Å². The number of nitrogens with two attached hydrogens (primary N) is 1. The van der Waals surface area contributed by atoms with Gasteiger partial charge in [0, 0.05) is 18.1 Å². The Morgan fingerprint density at radius 3 is 2.37 bits per heavy atom. The Hall–Kier alpha value is -0.0800.